The highest BCUT2D eigenvalue weighted by Gasteiger charge is 2.05. The van der Waals surface area contributed by atoms with Crippen LogP contribution in [0.1, 0.15) is 5.56 Å². The zero-order chi connectivity index (χ0) is 13.8. The number of nitrogens with zero attached hydrogens (tertiary/aromatic N) is 3. The molecule has 0 radical (unpaired) electrons. The average molecular weight is 264 g/mol. The summed E-state index contributed by atoms with van der Waals surface area (Å²) in [4.78, 5) is 8.57. The van der Waals surface area contributed by atoms with Gasteiger partial charge in [0.25, 0.3) is 0 Å². The fraction of sp³-hybridized carbons (Fsp3) is 0.125. The second kappa shape index (κ2) is 5.57. The zero-order valence-electron chi connectivity index (χ0n) is 11.1. The number of aromatic nitrogens is 3. The Morgan fingerprint density at radius 2 is 1.90 bits per heavy atom. The Kier molecular flexibility index (Phi) is 3.46. The van der Waals surface area contributed by atoms with E-state index in [4.69, 9.17) is 5.73 Å². The molecule has 0 atom stereocenters. The van der Waals surface area contributed by atoms with Crippen molar-refractivity contribution in [2.75, 3.05) is 5.73 Å². The quantitative estimate of drug-likeness (QED) is 0.737. The predicted molar refractivity (Wildman–Crippen MR) is 80.0 cm³/mol. The molecule has 0 amide bonds. The van der Waals surface area contributed by atoms with E-state index < -0.39 is 0 Å². The normalized spacial score (nSPS) is 10.6. The summed E-state index contributed by atoms with van der Waals surface area (Å²) in [5.74, 6) is 0.967. The van der Waals surface area contributed by atoms with Gasteiger partial charge in [0.15, 0.2) is 0 Å². The van der Waals surface area contributed by atoms with Gasteiger partial charge in [-0.05, 0) is 42.3 Å². The SMILES string of the molecule is Nc1ccc(-c2nccn2CCc2cccnc2)cc1. The maximum Gasteiger partial charge on any atom is 0.139 e. The monoisotopic (exact) mass is 264 g/mol. The van der Waals surface area contributed by atoms with Gasteiger partial charge in [-0.15, -0.1) is 0 Å². The molecule has 0 saturated carbocycles. The minimum atomic E-state index is 0.766. The van der Waals surface area contributed by atoms with Crippen molar-refractivity contribution in [3.63, 3.8) is 0 Å². The van der Waals surface area contributed by atoms with Gasteiger partial charge in [-0.2, -0.15) is 0 Å². The summed E-state index contributed by atoms with van der Waals surface area (Å²) in [7, 11) is 0. The highest BCUT2D eigenvalue weighted by atomic mass is 15.1. The van der Waals surface area contributed by atoms with Crippen LogP contribution in [-0.4, -0.2) is 14.5 Å². The summed E-state index contributed by atoms with van der Waals surface area (Å²) in [6, 6.07) is 11.8. The number of nitrogens with two attached hydrogens (primary N) is 1. The van der Waals surface area contributed by atoms with Gasteiger partial charge in [-0.25, -0.2) is 4.98 Å². The van der Waals surface area contributed by atoms with E-state index in [2.05, 4.69) is 20.6 Å². The van der Waals surface area contributed by atoms with Gasteiger partial charge in [-0.1, -0.05) is 6.07 Å². The molecule has 2 heterocycles. The van der Waals surface area contributed by atoms with Crippen LogP contribution in [0.4, 0.5) is 5.69 Å². The Hall–Kier alpha value is -2.62. The largest absolute Gasteiger partial charge is 0.399 e. The molecule has 0 saturated heterocycles. The number of anilines is 1. The second-order valence-electron chi connectivity index (χ2n) is 4.68. The Balaban J connectivity index is 1.78. The molecule has 2 N–H and O–H groups in total. The van der Waals surface area contributed by atoms with Crippen molar-refractivity contribution in [3.05, 3.63) is 66.7 Å². The maximum atomic E-state index is 5.72. The van der Waals surface area contributed by atoms with Gasteiger partial charge in [0.2, 0.25) is 0 Å². The van der Waals surface area contributed by atoms with Gasteiger partial charge < -0.3 is 10.3 Å². The highest BCUT2D eigenvalue weighted by molar-refractivity contribution is 5.59. The van der Waals surface area contributed by atoms with Gasteiger partial charge in [0.1, 0.15) is 5.82 Å². The molecule has 0 aliphatic heterocycles. The number of pyridine rings is 1. The Morgan fingerprint density at radius 1 is 1.05 bits per heavy atom. The van der Waals surface area contributed by atoms with E-state index in [1.54, 1.807) is 6.20 Å². The van der Waals surface area contributed by atoms with Crippen molar-refractivity contribution < 1.29 is 0 Å². The number of hydrogen-bond acceptors (Lipinski definition) is 3. The Bertz CT molecular complexity index is 671. The first-order chi connectivity index (χ1) is 9.83. The molecule has 20 heavy (non-hydrogen) atoms. The van der Waals surface area contributed by atoms with Gasteiger partial charge in [-0.3, -0.25) is 4.98 Å². The molecule has 0 spiro atoms. The molecule has 0 aliphatic rings. The van der Waals surface area contributed by atoms with Crippen LogP contribution in [0.2, 0.25) is 0 Å². The van der Waals surface area contributed by atoms with Crippen LogP contribution >= 0.6 is 0 Å². The molecule has 0 bridgehead atoms. The van der Waals surface area contributed by atoms with Crippen LogP contribution in [0.15, 0.2) is 61.2 Å². The summed E-state index contributed by atoms with van der Waals surface area (Å²) < 4.78 is 2.15. The average Bonchev–Trinajstić information content (AvgIpc) is 2.95. The third-order valence-electron chi connectivity index (χ3n) is 3.25. The van der Waals surface area contributed by atoms with Crippen LogP contribution in [0.5, 0.6) is 0 Å². The fourth-order valence-electron chi connectivity index (χ4n) is 2.18. The molecular weight excluding hydrogens is 248 g/mol. The number of nitrogen functional groups attached to an aromatic ring is 1. The maximum absolute atomic E-state index is 5.72. The van der Waals surface area contributed by atoms with E-state index in [0.29, 0.717) is 0 Å². The Morgan fingerprint density at radius 3 is 2.65 bits per heavy atom. The van der Waals surface area contributed by atoms with Crippen LogP contribution < -0.4 is 5.73 Å². The summed E-state index contributed by atoms with van der Waals surface area (Å²) >= 11 is 0. The van der Waals surface area contributed by atoms with E-state index in [9.17, 15) is 0 Å². The van der Waals surface area contributed by atoms with E-state index in [1.165, 1.54) is 5.56 Å². The molecule has 4 heteroatoms. The smallest absolute Gasteiger partial charge is 0.139 e. The van der Waals surface area contributed by atoms with E-state index >= 15 is 0 Å². The molecule has 0 aliphatic carbocycles. The molecule has 4 nitrogen and oxygen atoms in total. The first-order valence-electron chi connectivity index (χ1n) is 6.59. The number of benzene rings is 1. The van der Waals surface area contributed by atoms with Crippen molar-refractivity contribution in [1.29, 1.82) is 0 Å². The lowest BCUT2D eigenvalue weighted by atomic mass is 10.2. The first-order valence-corrected chi connectivity index (χ1v) is 6.59. The molecular formula is C16H16N4. The minimum absolute atomic E-state index is 0.766. The van der Waals surface area contributed by atoms with Gasteiger partial charge in [0, 0.05) is 42.6 Å². The molecule has 0 unspecified atom stereocenters. The van der Waals surface area contributed by atoms with Crippen LogP contribution in [0.25, 0.3) is 11.4 Å². The number of aryl methyl sites for hydroxylation is 2. The molecule has 3 aromatic rings. The minimum Gasteiger partial charge on any atom is -0.399 e. The lowest BCUT2D eigenvalue weighted by Gasteiger charge is -2.08. The van der Waals surface area contributed by atoms with Crippen LogP contribution in [0.3, 0.4) is 0 Å². The van der Waals surface area contributed by atoms with E-state index in [0.717, 1.165) is 30.0 Å². The molecule has 100 valence electrons. The highest BCUT2D eigenvalue weighted by Crippen LogP contribution is 2.19. The zero-order valence-corrected chi connectivity index (χ0v) is 11.1. The lowest BCUT2D eigenvalue weighted by Crippen LogP contribution is -2.02. The van der Waals surface area contributed by atoms with Crippen LogP contribution in [0, 0.1) is 0 Å². The molecule has 0 fully saturated rings. The van der Waals surface area contributed by atoms with Crippen molar-refractivity contribution in [2.24, 2.45) is 0 Å². The molecule has 1 aromatic carbocycles. The van der Waals surface area contributed by atoms with Gasteiger partial charge >= 0.3 is 0 Å². The third kappa shape index (κ3) is 2.69. The molecule has 2 aromatic heterocycles. The van der Waals surface area contributed by atoms with Crippen molar-refractivity contribution >= 4 is 5.69 Å². The lowest BCUT2D eigenvalue weighted by molar-refractivity contribution is 0.701. The van der Waals surface area contributed by atoms with Crippen molar-refractivity contribution in [1.82, 2.24) is 14.5 Å². The summed E-state index contributed by atoms with van der Waals surface area (Å²) in [5.41, 5.74) is 8.79. The fourth-order valence-corrected chi connectivity index (χ4v) is 2.18. The standard InChI is InChI=1S/C16H16N4/c17-15-5-3-14(4-6-15)16-19-9-11-20(16)10-7-13-2-1-8-18-12-13/h1-6,8-9,11-12H,7,10,17H2. The first kappa shape index (κ1) is 12.4. The third-order valence-corrected chi connectivity index (χ3v) is 3.25. The van der Waals surface area contributed by atoms with Crippen molar-refractivity contribution in [3.8, 4) is 11.4 Å². The van der Waals surface area contributed by atoms with E-state index in [-0.39, 0.29) is 0 Å². The molecule has 3 rings (SSSR count). The summed E-state index contributed by atoms with van der Waals surface area (Å²) in [6.07, 6.45) is 8.46. The van der Waals surface area contributed by atoms with Crippen molar-refractivity contribution in [2.45, 2.75) is 13.0 Å². The summed E-state index contributed by atoms with van der Waals surface area (Å²) in [5, 5.41) is 0. The number of hydrogen-bond donors (Lipinski definition) is 1. The van der Waals surface area contributed by atoms with Crippen LogP contribution in [-0.2, 0) is 13.0 Å². The predicted octanol–water partition coefficient (Wildman–Crippen LogP) is 2.77. The Labute approximate surface area is 117 Å². The number of imidazole rings is 1. The summed E-state index contributed by atoms with van der Waals surface area (Å²) in [6.45, 7) is 0.880. The second-order valence-corrected chi connectivity index (χ2v) is 4.68. The van der Waals surface area contributed by atoms with E-state index in [1.807, 2.05) is 48.9 Å². The number of rotatable bonds is 4. The topological polar surface area (TPSA) is 56.7 Å². The van der Waals surface area contributed by atoms with Gasteiger partial charge in [0.05, 0.1) is 0 Å².